The molecule has 168 valence electrons. The molecule has 0 bridgehead atoms. The number of likely N-dealkylation sites (tertiary alicyclic amines) is 1. The van der Waals surface area contributed by atoms with Gasteiger partial charge in [-0.05, 0) is 49.6 Å². The zero-order valence-corrected chi connectivity index (χ0v) is 19.6. The average Bonchev–Trinajstić information content (AvgIpc) is 3.21. The van der Waals surface area contributed by atoms with E-state index < -0.39 is 0 Å². The molecule has 0 unspecified atom stereocenters. The molecule has 0 radical (unpaired) electrons. The topological polar surface area (TPSA) is 63.1 Å². The van der Waals surface area contributed by atoms with Crippen molar-refractivity contribution in [1.29, 1.82) is 0 Å². The van der Waals surface area contributed by atoms with Gasteiger partial charge < -0.3 is 10.2 Å². The van der Waals surface area contributed by atoms with Gasteiger partial charge in [0.25, 0.3) is 0 Å². The minimum atomic E-state index is 0.0633. The summed E-state index contributed by atoms with van der Waals surface area (Å²) in [4.78, 5) is 15.1. The summed E-state index contributed by atoms with van der Waals surface area (Å²) in [7, 11) is 0. The van der Waals surface area contributed by atoms with E-state index >= 15 is 0 Å². The summed E-state index contributed by atoms with van der Waals surface area (Å²) < 4.78 is 2.08. The number of aromatic nitrogens is 3. The SMILES string of the molecule is CCN1CCC(NC(=O)CSc2nnc(Cc3ccccc3)n2-c2cccc(C)c2)CC1. The molecule has 1 aromatic heterocycles. The normalized spacial score (nSPS) is 15.1. The third-order valence-electron chi connectivity index (χ3n) is 5.90. The minimum absolute atomic E-state index is 0.0633. The van der Waals surface area contributed by atoms with E-state index in [1.165, 1.54) is 22.9 Å². The van der Waals surface area contributed by atoms with Crippen LogP contribution in [0, 0.1) is 6.92 Å². The number of hydrogen-bond acceptors (Lipinski definition) is 5. The Morgan fingerprint density at radius 3 is 2.59 bits per heavy atom. The van der Waals surface area contributed by atoms with Gasteiger partial charge in [0.2, 0.25) is 5.91 Å². The summed E-state index contributed by atoms with van der Waals surface area (Å²) in [6, 6.07) is 18.9. The van der Waals surface area contributed by atoms with Crippen molar-refractivity contribution in [2.24, 2.45) is 0 Å². The van der Waals surface area contributed by atoms with E-state index in [0.29, 0.717) is 12.2 Å². The lowest BCUT2D eigenvalue weighted by molar-refractivity contribution is -0.119. The summed E-state index contributed by atoms with van der Waals surface area (Å²) in [5, 5.41) is 12.9. The van der Waals surface area contributed by atoms with Crippen LogP contribution in [-0.4, -0.2) is 57.0 Å². The Kier molecular flexibility index (Phi) is 7.60. The van der Waals surface area contributed by atoms with E-state index in [1.807, 2.05) is 24.3 Å². The van der Waals surface area contributed by atoms with Gasteiger partial charge in [-0.2, -0.15) is 0 Å². The molecule has 0 saturated carbocycles. The van der Waals surface area contributed by atoms with Gasteiger partial charge in [-0.1, -0.05) is 61.2 Å². The van der Waals surface area contributed by atoms with Crippen LogP contribution in [0.3, 0.4) is 0 Å². The molecule has 1 aliphatic heterocycles. The maximum absolute atomic E-state index is 12.6. The van der Waals surface area contributed by atoms with Gasteiger partial charge in [0.05, 0.1) is 5.75 Å². The molecule has 32 heavy (non-hydrogen) atoms. The van der Waals surface area contributed by atoms with Crippen LogP contribution in [0.5, 0.6) is 0 Å². The van der Waals surface area contributed by atoms with Crippen molar-refractivity contribution in [3.63, 3.8) is 0 Å². The van der Waals surface area contributed by atoms with Crippen LogP contribution in [-0.2, 0) is 11.2 Å². The second kappa shape index (κ2) is 10.8. The van der Waals surface area contributed by atoms with Gasteiger partial charge in [0.15, 0.2) is 5.16 Å². The fourth-order valence-corrected chi connectivity index (χ4v) is 4.89. The van der Waals surface area contributed by atoms with Gasteiger partial charge in [0.1, 0.15) is 5.82 Å². The summed E-state index contributed by atoms with van der Waals surface area (Å²) >= 11 is 1.45. The molecule has 1 amide bonds. The van der Waals surface area contributed by atoms with Crippen LogP contribution in [0.2, 0.25) is 0 Å². The molecule has 0 spiro atoms. The molecule has 3 aromatic rings. The molecule has 1 aliphatic rings. The number of benzene rings is 2. The Labute approximate surface area is 194 Å². The number of nitrogens with zero attached hydrogens (tertiary/aromatic N) is 4. The van der Waals surface area contributed by atoms with Gasteiger partial charge in [-0.25, -0.2) is 0 Å². The second-order valence-corrected chi connectivity index (χ2v) is 9.24. The standard InChI is InChI=1S/C25H31N5OS/c1-3-29-14-12-21(13-15-29)26-24(31)18-32-25-28-27-23(17-20-9-5-4-6-10-20)30(25)22-11-7-8-19(2)16-22/h4-11,16,21H,3,12-15,17-18H2,1-2H3,(H,26,31). The van der Waals surface area contributed by atoms with Crippen LogP contribution in [0.4, 0.5) is 0 Å². The molecule has 0 aliphatic carbocycles. The van der Waals surface area contributed by atoms with Gasteiger partial charge in [0, 0.05) is 31.2 Å². The van der Waals surface area contributed by atoms with Gasteiger partial charge in [-0.3, -0.25) is 9.36 Å². The number of amides is 1. The molecule has 1 fully saturated rings. The highest BCUT2D eigenvalue weighted by Crippen LogP contribution is 2.24. The molecule has 7 heteroatoms. The van der Waals surface area contributed by atoms with Crippen LogP contribution < -0.4 is 5.32 Å². The zero-order valence-electron chi connectivity index (χ0n) is 18.8. The predicted molar refractivity (Wildman–Crippen MR) is 129 cm³/mol. The predicted octanol–water partition coefficient (Wildman–Crippen LogP) is 3.86. The van der Waals surface area contributed by atoms with Gasteiger partial charge >= 0.3 is 0 Å². The smallest absolute Gasteiger partial charge is 0.230 e. The quantitative estimate of drug-likeness (QED) is 0.529. The van der Waals surface area contributed by atoms with E-state index in [-0.39, 0.29) is 11.9 Å². The van der Waals surface area contributed by atoms with Crippen molar-refractivity contribution in [3.8, 4) is 5.69 Å². The Bertz CT molecular complexity index is 1030. The van der Waals surface area contributed by atoms with Crippen LogP contribution >= 0.6 is 11.8 Å². The number of aryl methyl sites for hydroxylation is 1. The van der Waals surface area contributed by atoms with E-state index in [2.05, 4.69) is 69.2 Å². The Balaban J connectivity index is 1.46. The molecule has 6 nitrogen and oxygen atoms in total. The number of hydrogen-bond donors (Lipinski definition) is 1. The summed E-state index contributed by atoms with van der Waals surface area (Å²) in [5.41, 5.74) is 3.38. The molecule has 2 heterocycles. The molecule has 4 rings (SSSR count). The van der Waals surface area contributed by atoms with E-state index in [9.17, 15) is 4.79 Å². The lowest BCUT2D eigenvalue weighted by Crippen LogP contribution is -2.45. The highest BCUT2D eigenvalue weighted by atomic mass is 32.2. The number of piperidine rings is 1. The number of nitrogens with one attached hydrogen (secondary N) is 1. The van der Waals surface area contributed by atoms with Crippen LogP contribution in [0.1, 0.15) is 36.7 Å². The first-order valence-electron chi connectivity index (χ1n) is 11.3. The van der Waals surface area contributed by atoms with E-state index in [4.69, 9.17) is 0 Å². The van der Waals surface area contributed by atoms with Crippen molar-refractivity contribution in [1.82, 2.24) is 25.0 Å². The van der Waals surface area contributed by atoms with Crippen molar-refractivity contribution in [2.75, 3.05) is 25.4 Å². The minimum Gasteiger partial charge on any atom is -0.353 e. The van der Waals surface area contributed by atoms with E-state index in [1.54, 1.807) is 0 Å². The highest BCUT2D eigenvalue weighted by molar-refractivity contribution is 7.99. The van der Waals surface area contributed by atoms with Gasteiger partial charge in [-0.15, -0.1) is 10.2 Å². The largest absolute Gasteiger partial charge is 0.353 e. The number of carbonyl (C=O) groups is 1. The maximum Gasteiger partial charge on any atom is 0.230 e. The maximum atomic E-state index is 12.6. The summed E-state index contributed by atoms with van der Waals surface area (Å²) in [6.45, 7) is 7.45. The zero-order chi connectivity index (χ0) is 22.3. The first-order chi connectivity index (χ1) is 15.6. The lowest BCUT2D eigenvalue weighted by atomic mass is 10.1. The lowest BCUT2D eigenvalue weighted by Gasteiger charge is -2.31. The second-order valence-electron chi connectivity index (χ2n) is 8.30. The van der Waals surface area contributed by atoms with Crippen molar-refractivity contribution >= 4 is 17.7 Å². The van der Waals surface area contributed by atoms with Crippen molar-refractivity contribution in [2.45, 2.75) is 44.3 Å². The molecule has 0 atom stereocenters. The Morgan fingerprint density at radius 1 is 1.09 bits per heavy atom. The Hall–Kier alpha value is -2.64. The molecule has 2 aromatic carbocycles. The number of rotatable bonds is 8. The fourth-order valence-electron chi connectivity index (χ4n) is 4.11. The van der Waals surface area contributed by atoms with Crippen molar-refractivity contribution < 1.29 is 4.79 Å². The van der Waals surface area contributed by atoms with Crippen LogP contribution in [0.25, 0.3) is 5.69 Å². The summed E-state index contributed by atoms with van der Waals surface area (Å²) in [5.74, 6) is 1.27. The van der Waals surface area contributed by atoms with Crippen LogP contribution in [0.15, 0.2) is 59.8 Å². The monoisotopic (exact) mass is 449 g/mol. The summed E-state index contributed by atoms with van der Waals surface area (Å²) in [6.07, 6.45) is 2.72. The van der Waals surface area contributed by atoms with E-state index in [0.717, 1.165) is 49.1 Å². The third kappa shape index (κ3) is 5.78. The molecule has 1 saturated heterocycles. The highest BCUT2D eigenvalue weighted by Gasteiger charge is 2.21. The van der Waals surface area contributed by atoms with Crippen molar-refractivity contribution in [3.05, 3.63) is 71.5 Å². The molecular formula is C25H31N5OS. The molecular weight excluding hydrogens is 418 g/mol. The first-order valence-corrected chi connectivity index (χ1v) is 12.3. The fraction of sp³-hybridized carbons (Fsp3) is 0.400. The number of carbonyl (C=O) groups excluding carboxylic acids is 1. The Morgan fingerprint density at radius 2 is 1.88 bits per heavy atom. The third-order valence-corrected chi connectivity index (χ3v) is 6.83. The average molecular weight is 450 g/mol. The number of thioether (sulfide) groups is 1. The molecule has 1 N–H and O–H groups in total. The first kappa shape index (κ1) is 22.6.